The van der Waals surface area contributed by atoms with Gasteiger partial charge in [-0.25, -0.2) is 13.1 Å². The number of benzene rings is 1. The molecule has 0 saturated carbocycles. The topological polar surface area (TPSA) is 88.0 Å². The Morgan fingerprint density at radius 2 is 2.14 bits per heavy atom. The average Bonchev–Trinajstić information content (AvgIpc) is 3.02. The van der Waals surface area contributed by atoms with Gasteiger partial charge in [-0.15, -0.1) is 11.3 Å². The van der Waals surface area contributed by atoms with Crippen molar-refractivity contribution in [2.75, 3.05) is 5.73 Å². The van der Waals surface area contributed by atoms with Crippen molar-refractivity contribution < 1.29 is 8.42 Å². The zero-order chi connectivity index (χ0) is 15.0. The van der Waals surface area contributed by atoms with Crippen LogP contribution in [0.15, 0.2) is 45.2 Å². The molecule has 110 valence electrons. The van der Waals surface area contributed by atoms with E-state index in [2.05, 4.69) is 25.6 Å². The van der Waals surface area contributed by atoms with Gasteiger partial charge in [-0.1, -0.05) is 0 Å². The number of aromatic amines is 1. The summed E-state index contributed by atoms with van der Waals surface area (Å²) in [7, 11) is -3.59. The van der Waals surface area contributed by atoms with Crippen LogP contribution < -0.4 is 10.5 Å². The Morgan fingerprint density at radius 3 is 2.86 bits per heavy atom. The van der Waals surface area contributed by atoms with E-state index in [0.717, 1.165) is 14.9 Å². The first-order valence-corrected chi connectivity index (χ1v) is 9.20. The lowest BCUT2D eigenvalue weighted by Gasteiger charge is -2.04. The number of H-pyrrole nitrogens is 1. The molecular formula is C13H12BrN3O2S2. The number of hydrogen-bond donors (Lipinski definition) is 3. The average molecular weight is 386 g/mol. The molecule has 1 aromatic carbocycles. The van der Waals surface area contributed by atoms with E-state index in [1.165, 1.54) is 17.5 Å². The fourth-order valence-corrected chi connectivity index (χ4v) is 4.68. The van der Waals surface area contributed by atoms with Crippen LogP contribution in [0.25, 0.3) is 10.9 Å². The van der Waals surface area contributed by atoms with E-state index < -0.39 is 10.0 Å². The van der Waals surface area contributed by atoms with E-state index in [0.29, 0.717) is 11.1 Å². The first-order chi connectivity index (χ1) is 9.95. The molecule has 3 rings (SSSR count). The Labute approximate surface area is 134 Å². The normalized spacial score (nSPS) is 12.0. The number of sulfonamides is 1. The fourth-order valence-electron chi connectivity index (χ4n) is 2.03. The molecule has 8 heteroatoms. The Bertz CT molecular complexity index is 899. The molecule has 0 bridgehead atoms. The predicted molar refractivity (Wildman–Crippen MR) is 88.8 cm³/mol. The van der Waals surface area contributed by atoms with Crippen molar-refractivity contribution in [2.24, 2.45) is 0 Å². The van der Waals surface area contributed by atoms with Crippen molar-refractivity contribution in [1.82, 2.24) is 9.71 Å². The van der Waals surface area contributed by atoms with Gasteiger partial charge in [0.25, 0.3) is 0 Å². The first-order valence-electron chi connectivity index (χ1n) is 6.05. The summed E-state index contributed by atoms with van der Waals surface area (Å²) in [6.07, 6.45) is 1.48. The molecule has 0 saturated heterocycles. The van der Waals surface area contributed by atoms with Crippen LogP contribution in [0.1, 0.15) is 4.88 Å². The molecule has 0 aliphatic rings. The summed E-state index contributed by atoms with van der Waals surface area (Å²) in [6, 6.07) is 7.04. The van der Waals surface area contributed by atoms with E-state index in [9.17, 15) is 8.42 Å². The largest absolute Gasteiger partial charge is 0.399 e. The third kappa shape index (κ3) is 2.98. The monoisotopic (exact) mass is 385 g/mol. The molecule has 0 fully saturated rings. The van der Waals surface area contributed by atoms with Gasteiger partial charge in [0.15, 0.2) is 0 Å². The van der Waals surface area contributed by atoms with Crippen LogP contribution in [-0.4, -0.2) is 13.4 Å². The van der Waals surface area contributed by atoms with Crippen LogP contribution in [-0.2, 0) is 16.6 Å². The summed E-state index contributed by atoms with van der Waals surface area (Å²) >= 11 is 4.84. The van der Waals surface area contributed by atoms with Gasteiger partial charge >= 0.3 is 0 Å². The van der Waals surface area contributed by atoms with Crippen LogP contribution >= 0.6 is 27.3 Å². The second-order valence-corrected chi connectivity index (χ2v) is 8.16. The molecule has 0 aliphatic heterocycles. The number of nitrogens with two attached hydrogens (primary N) is 1. The standard InChI is InChI=1S/C13H12BrN3O2S2/c14-8-3-10(20-7-8)5-17-21(18,19)13-6-16-12-2-1-9(15)4-11(12)13/h1-4,6-7,16-17H,5,15H2. The Morgan fingerprint density at radius 1 is 1.33 bits per heavy atom. The molecule has 4 N–H and O–H groups in total. The van der Waals surface area contributed by atoms with Crippen LogP contribution in [0.5, 0.6) is 0 Å². The zero-order valence-corrected chi connectivity index (χ0v) is 14.0. The molecule has 0 radical (unpaired) electrons. The van der Waals surface area contributed by atoms with Gasteiger partial charge in [0.1, 0.15) is 4.90 Å². The number of rotatable bonds is 4. The van der Waals surface area contributed by atoms with E-state index in [1.807, 2.05) is 11.4 Å². The first kappa shape index (κ1) is 14.6. The molecule has 0 unspecified atom stereocenters. The molecule has 0 spiro atoms. The number of nitrogens with one attached hydrogen (secondary N) is 2. The maximum atomic E-state index is 12.4. The van der Waals surface area contributed by atoms with Gasteiger partial charge in [0.05, 0.1) is 0 Å². The van der Waals surface area contributed by atoms with Gasteiger partial charge in [0, 0.05) is 44.1 Å². The van der Waals surface area contributed by atoms with E-state index in [-0.39, 0.29) is 11.4 Å². The highest BCUT2D eigenvalue weighted by atomic mass is 79.9. The number of anilines is 1. The lowest BCUT2D eigenvalue weighted by molar-refractivity contribution is 0.582. The molecule has 0 amide bonds. The lowest BCUT2D eigenvalue weighted by Crippen LogP contribution is -2.22. The number of halogens is 1. The maximum Gasteiger partial charge on any atom is 0.243 e. The minimum absolute atomic E-state index is 0.209. The third-order valence-electron chi connectivity index (χ3n) is 3.02. The van der Waals surface area contributed by atoms with Crippen molar-refractivity contribution >= 4 is 53.9 Å². The van der Waals surface area contributed by atoms with E-state index in [1.54, 1.807) is 18.2 Å². The summed E-state index contributed by atoms with van der Waals surface area (Å²) in [4.78, 5) is 4.09. The van der Waals surface area contributed by atoms with E-state index >= 15 is 0 Å². The van der Waals surface area contributed by atoms with Gasteiger partial charge in [-0.2, -0.15) is 0 Å². The lowest BCUT2D eigenvalue weighted by atomic mass is 10.2. The highest BCUT2D eigenvalue weighted by Gasteiger charge is 2.19. The van der Waals surface area contributed by atoms with Crippen molar-refractivity contribution in [3.63, 3.8) is 0 Å². The predicted octanol–water partition coefficient (Wildman–Crippen LogP) is 3.05. The molecule has 0 atom stereocenters. The van der Waals surface area contributed by atoms with Crippen molar-refractivity contribution in [3.8, 4) is 0 Å². The number of thiophene rings is 1. The second-order valence-electron chi connectivity index (χ2n) is 4.51. The summed E-state index contributed by atoms with van der Waals surface area (Å²) in [5.41, 5.74) is 7.00. The Balaban J connectivity index is 1.91. The Kier molecular flexibility index (Phi) is 3.78. The van der Waals surface area contributed by atoms with Gasteiger partial charge in [0.2, 0.25) is 10.0 Å². The van der Waals surface area contributed by atoms with Gasteiger partial charge in [-0.3, -0.25) is 0 Å². The van der Waals surface area contributed by atoms with Crippen LogP contribution in [0.3, 0.4) is 0 Å². The number of hydrogen-bond acceptors (Lipinski definition) is 4. The molecular weight excluding hydrogens is 374 g/mol. The number of fused-ring (bicyclic) bond motifs is 1. The highest BCUT2D eigenvalue weighted by Crippen LogP contribution is 2.25. The van der Waals surface area contributed by atoms with Crippen molar-refractivity contribution in [2.45, 2.75) is 11.4 Å². The highest BCUT2D eigenvalue weighted by molar-refractivity contribution is 9.10. The van der Waals surface area contributed by atoms with Crippen molar-refractivity contribution in [1.29, 1.82) is 0 Å². The number of aromatic nitrogens is 1. The minimum Gasteiger partial charge on any atom is -0.399 e. The quantitative estimate of drug-likeness (QED) is 0.603. The van der Waals surface area contributed by atoms with Crippen LogP contribution in [0.2, 0.25) is 0 Å². The van der Waals surface area contributed by atoms with Gasteiger partial charge in [-0.05, 0) is 40.2 Å². The molecule has 2 aromatic heterocycles. The summed E-state index contributed by atoms with van der Waals surface area (Å²) in [5.74, 6) is 0. The molecule has 2 heterocycles. The smallest absolute Gasteiger partial charge is 0.243 e. The zero-order valence-electron chi connectivity index (χ0n) is 10.8. The number of nitrogen functional groups attached to an aromatic ring is 1. The SMILES string of the molecule is Nc1ccc2[nH]cc(S(=O)(=O)NCc3cc(Br)cs3)c2c1. The van der Waals surface area contributed by atoms with Crippen LogP contribution in [0, 0.1) is 0 Å². The summed E-state index contributed by atoms with van der Waals surface area (Å²) < 4.78 is 28.4. The molecule has 0 aliphatic carbocycles. The van der Waals surface area contributed by atoms with Crippen molar-refractivity contribution in [3.05, 3.63) is 45.2 Å². The Hall–Kier alpha value is -1.35. The summed E-state index contributed by atoms with van der Waals surface area (Å²) in [6.45, 7) is 0.258. The maximum absolute atomic E-state index is 12.4. The third-order valence-corrected chi connectivity index (χ3v) is 6.15. The molecule has 5 nitrogen and oxygen atoms in total. The second kappa shape index (κ2) is 5.45. The fraction of sp³-hybridized carbons (Fsp3) is 0.0769. The van der Waals surface area contributed by atoms with Crippen LogP contribution in [0.4, 0.5) is 5.69 Å². The minimum atomic E-state index is -3.59. The van der Waals surface area contributed by atoms with Gasteiger partial charge < -0.3 is 10.7 Å². The van der Waals surface area contributed by atoms with E-state index in [4.69, 9.17) is 5.73 Å². The molecule has 21 heavy (non-hydrogen) atoms. The molecule has 3 aromatic rings. The summed E-state index contributed by atoms with van der Waals surface area (Å²) in [5, 5.41) is 2.51.